The Morgan fingerprint density at radius 3 is 2.83 bits per heavy atom. The Morgan fingerprint density at radius 1 is 1.50 bits per heavy atom. The first-order valence-corrected chi connectivity index (χ1v) is 6.02. The zero-order chi connectivity index (χ0) is 13.2. The average molecular weight is 249 g/mol. The van der Waals surface area contributed by atoms with Crippen molar-refractivity contribution in [3.63, 3.8) is 0 Å². The monoisotopic (exact) mass is 249 g/mol. The Hall–Kier alpha value is -1.74. The van der Waals surface area contributed by atoms with Crippen molar-refractivity contribution in [1.82, 2.24) is 0 Å². The van der Waals surface area contributed by atoms with E-state index in [4.69, 9.17) is 10.3 Å². The topological polar surface area (TPSA) is 58.0 Å². The molecular formula is C13H16FN3O. The molecule has 0 N–H and O–H groups in total. The van der Waals surface area contributed by atoms with Crippen molar-refractivity contribution in [3.8, 4) is 5.75 Å². The molecule has 1 saturated carbocycles. The number of azide groups is 1. The lowest BCUT2D eigenvalue weighted by Gasteiger charge is -2.19. The average Bonchev–Trinajstić information content (AvgIpc) is 3.11. The van der Waals surface area contributed by atoms with Gasteiger partial charge in [0, 0.05) is 4.91 Å². The minimum atomic E-state index is -0.708. The third-order valence-electron chi connectivity index (χ3n) is 3.10. The number of ether oxygens (including phenoxy) is 1. The van der Waals surface area contributed by atoms with Crippen molar-refractivity contribution in [3.05, 3.63) is 40.0 Å². The van der Waals surface area contributed by atoms with Crippen LogP contribution in [0.2, 0.25) is 0 Å². The van der Waals surface area contributed by atoms with Gasteiger partial charge in [-0.05, 0) is 42.0 Å². The largest absolute Gasteiger partial charge is 0.490 e. The van der Waals surface area contributed by atoms with Gasteiger partial charge in [0.25, 0.3) is 0 Å². The summed E-state index contributed by atoms with van der Waals surface area (Å²) in [7, 11) is 0. The van der Waals surface area contributed by atoms with Crippen LogP contribution >= 0.6 is 0 Å². The maximum absolute atomic E-state index is 13.6. The molecule has 0 spiro atoms. The van der Waals surface area contributed by atoms with Crippen LogP contribution in [-0.2, 0) is 5.54 Å². The second-order valence-corrected chi connectivity index (χ2v) is 5.15. The Kier molecular flexibility index (Phi) is 3.43. The first-order chi connectivity index (χ1) is 8.53. The molecular weight excluding hydrogens is 233 g/mol. The Labute approximate surface area is 105 Å². The van der Waals surface area contributed by atoms with E-state index in [1.165, 1.54) is 6.07 Å². The van der Waals surface area contributed by atoms with Gasteiger partial charge in [-0.25, -0.2) is 4.39 Å². The second-order valence-electron chi connectivity index (χ2n) is 5.15. The molecule has 4 nitrogen and oxygen atoms in total. The van der Waals surface area contributed by atoms with Gasteiger partial charge in [-0.2, -0.15) is 0 Å². The van der Waals surface area contributed by atoms with Crippen molar-refractivity contribution in [2.75, 3.05) is 6.61 Å². The molecule has 0 bridgehead atoms. The summed E-state index contributed by atoms with van der Waals surface area (Å²) in [6.07, 6.45) is 2.32. The number of halogens is 1. The number of benzene rings is 1. The number of rotatable bonds is 5. The van der Waals surface area contributed by atoms with Crippen molar-refractivity contribution in [1.29, 1.82) is 0 Å². The summed E-state index contributed by atoms with van der Waals surface area (Å²) in [5.41, 5.74) is 8.56. The minimum absolute atomic E-state index is 0.237. The molecule has 0 saturated heterocycles. The van der Waals surface area contributed by atoms with Crippen molar-refractivity contribution in [2.45, 2.75) is 32.2 Å². The van der Waals surface area contributed by atoms with Crippen LogP contribution in [0.3, 0.4) is 0 Å². The van der Waals surface area contributed by atoms with E-state index in [9.17, 15) is 4.39 Å². The summed E-state index contributed by atoms with van der Waals surface area (Å²) in [4.78, 5) is 2.81. The number of nitrogens with zero attached hydrogens (tertiary/aromatic N) is 3. The molecule has 0 radical (unpaired) electrons. The van der Waals surface area contributed by atoms with E-state index in [-0.39, 0.29) is 11.6 Å². The molecule has 0 heterocycles. The zero-order valence-corrected chi connectivity index (χ0v) is 10.6. The van der Waals surface area contributed by atoms with Crippen LogP contribution in [0.15, 0.2) is 23.3 Å². The molecule has 5 heteroatoms. The molecule has 0 aromatic heterocycles. The van der Waals surface area contributed by atoms with Crippen LogP contribution < -0.4 is 4.74 Å². The van der Waals surface area contributed by atoms with E-state index >= 15 is 0 Å². The molecule has 96 valence electrons. The fourth-order valence-electron chi connectivity index (χ4n) is 1.66. The van der Waals surface area contributed by atoms with Crippen LogP contribution in [0.5, 0.6) is 5.75 Å². The maximum atomic E-state index is 13.6. The van der Waals surface area contributed by atoms with E-state index < -0.39 is 5.54 Å². The minimum Gasteiger partial charge on any atom is -0.490 e. The molecule has 0 amide bonds. The van der Waals surface area contributed by atoms with E-state index in [0.29, 0.717) is 12.5 Å². The summed E-state index contributed by atoms with van der Waals surface area (Å²) in [6, 6.07) is 4.59. The molecule has 1 aromatic carbocycles. The summed E-state index contributed by atoms with van der Waals surface area (Å²) in [5, 5.41) is 3.71. The van der Waals surface area contributed by atoms with Gasteiger partial charge in [-0.1, -0.05) is 25.0 Å². The van der Waals surface area contributed by atoms with Crippen molar-refractivity contribution < 1.29 is 9.13 Å². The second kappa shape index (κ2) is 4.86. The van der Waals surface area contributed by atoms with Gasteiger partial charge in [0.15, 0.2) is 11.6 Å². The molecule has 0 aliphatic heterocycles. The Bertz CT molecular complexity index is 491. The van der Waals surface area contributed by atoms with E-state index in [1.54, 1.807) is 26.0 Å². The quantitative estimate of drug-likeness (QED) is 0.439. The van der Waals surface area contributed by atoms with Gasteiger partial charge in [0.2, 0.25) is 0 Å². The van der Waals surface area contributed by atoms with Crippen LogP contribution in [0, 0.1) is 11.7 Å². The van der Waals surface area contributed by atoms with Gasteiger partial charge >= 0.3 is 0 Å². The van der Waals surface area contributed by atoms with E-state index in [2.05, 4.69) is 10.0 Å². The molecule has 1 fully saturated rings. The number of hydrogen-bond donors (Lipinski definition) is 0. The Morgan fingerprint density at radius 2 is 2.22 bits per heavy atom. The predicted molar refractivity (Wildman–Crippen MR) is 66.8 cm³/mol. The molecule has 1 aliphatic rings. The normalized spacial score (nSPS) is 15.1. The molecule has 0 atom stereocenters. The molecule has 1 aromatic rings. The van der Waals surface area contributed by atoms with Crippen LogP contribution in [-0.4, -0.2) is 6.61 Å². The van der Waals surface area contributed by atoms with E-state index in [1.807, 2.05) is 0 Å². The fraction of sp³-hybridized carbons (Fsp3) is 0.538. The summed E-state index contributed by atoms with van der Waals surface area (Å²) in [6.45, 7) is 4.12. The first-order valence-electron chi connectivity index (χ1n) is 6.02. The first kappa shape index (κ1) is 12.7. The summed E-state index contributed by atoms with van der Waals surface area (Å²) < 4.78 is 19.1. The third kappa shape index (κ3) is 2.93. The lowest BCUT2D eigenvalue weighted by atomic mass is 9.95. The lowest BCUT2D eigenvalue weighted by molar-refractivity contribution is 0.284. The predicted octanol–water partition coefficient (Wildman–Crippen LogP) is 4.16. The standard InChI is InChI=1S/C13H16FN3O/c1-13(2,16-17-15)10-5-6-11(14)12(7-10)18-8-9-3-4-9/h5-7,9H,3-4,8H2,1-2H3. The SMILES string of the molecule is CC(C)(N=[N+]=[N-])c1ccc(F)c(OCC2CC2)c1. The summed E-state index contributed by atoms with van der Waals surface area (Å²) >= 11 is 0. The highest BCUT2D eigenvalue weighted by Crippen LogP contribution is 2.32. The van der Waals surface area contributed by atoms with Crippen LogP contribution in [0.4, 0.5) is 4.39 Å². The Balaban J connectivity index is 2.21. The smallest absolute Gasteiger partial charge is 0.165 e. The van der Waals surface area contributed by atoms with Gasteiger partial charge in [-0.15, -0.1) is 0 Å². The highest BCUT2D eigenvalue weighted by Gasteiger charge is 2.24. The molecule has 2 rings (SSSR count). The highest BCUT2D eigenvalue weighted by molar-refractivity contribution is 5.34. The van der Waals surface area contributed by atoms with Gasteiger partial charge in [0.05, 0.1) is 12.1 Å². The van der Waals surface area contributed by atoms with Crippen molar-refractivity contribution in [2.24, 2.45) is 11.0 Å². The third-order valence-corrected chi connectivity index (χ3v) is 3.10. The molecule has 0 unspecified atom stereocenters. The van der Waals surface area contributed by atoms with Gasteiger partial charge in [0.1, 0.15) is 0 Å². The highest BCUT2D eigenvalue weighted by atomic mass is 19.1. The van der Waals surface area contributed by atoms with Crippen LogP contribution in [0.1, 0.15) is 32.3 Å². The van der Waals surface area contributed by atoms with E-state index in [0.717, 1.165) is 18.4 Å². The maximum Gasteiger partial charge on any atom is 0.165 e. The lowest BCUT2D eigenvalue weighted by Crippen LogP contribution is -2.13. The molecule has 18 heavy (non-hydrogen) atoms. The zero-order valence-electron chi connectivity index (χ0n) is 10.6. The summed E-state index contributed by atoms with van der Waals surface area (Å²) in [5.74, 6) is 0.426. The number of hydrogen-bond acceptors (Lipinski definition) is 2. The fourth-order valence-corrected chi connectivity index (χ4v) is 1.66. The van der Waals surface area contributed by atoms with Gasteiger partial charge < -0.3 is 4.74 Å². The van der Waals surface area contributed by atoms with Crippen LogP contribution in [0.25, 0.3) is 10.4 Å². The van der Waals surface area contributed by atoms with Gasteiger partial charge in [-0.3, -0.25) is 0 Å². The molecule has 1 aliphatic carbocycles. The van der Waals surface area contributed by atoms with Crippen molar-refractivity contribution >= 4 is 0 Å².